The molecule has 0 radical (unpaired) electrons. The second-order valence-corrected chi connectivity index (χ2v) is 9.57. The molecule has 3 aromatic rings. The zero-order chi connectivity index (χ0) is 26.8. The minimum absolute atomic E-state index is 0.0345. The van der Waals surface area contributed by atoms with Crippen molar-refractivity contribution in [3.8, 4) is 11.4 Å². The number of hydrogen-bond acceptors (Lipinski definition) is 8. The summed E-state index contributed by atoms with van der Waals surface area (Å²) in [4.78, 5) is 50.0. The van der Waals surface area contributed by atoms with Crippen LogP contribution in [0.25, 0.3) is 22.4 Å². The second-order valence-electron chi connectivity index (χ2n) is 9.13. The molecule has 2 aliphatic rings. The maximum Gasteiger partial charge on any atom is 0.261 e. The number of nitrogens with zero attached hydrogens (tertiary/aromatic N) is 2. The molecular weight excluding hydrogens is 512 g/mol. The molecule has 11 nitrogen and oxygen atoms in total. The average Bonchev–Trinajstić information content (AvgIpc) is 3.42. The van der Waals surface area contributed by atoms with Gasteiger partial charge in [0.15, 0.2) is 0 Å². The van der Waals surface area contributed by atoms with E-state index in [4.69, 9.17) is 16.7 Å². The number of allylic oxidation sites excluding steroid dienone is 3. The predicted octanol–water partition coefficient (Wildman–Crippen LogP) is 1.57. The zero-order valence-corrected chi connectivity index (χ0v) is 21.1. The van der Waals surface area contributed by atoms with E-state index in [0.717, 1.165) is 4.90 Å². The number of aliphatic hydroxyl groups excluding tert-OH is 2. The highest BCUT2D eigenvalue weighted by atomic mass is 35.5. The predicted molar refractivity (Wildman–Crippen MR) is 143 cm³/mol. The molecule has 1 unspecified atom stereocenters. The van der Waals surface area contributed by atoms with E-state index in [2.05, 4.69) is 25.6 Å². The Morgan fingerprint density at radius 1 is 1.18 bits per heavy atom. The number of imide groups is 1. The fourth-order valence-corrected chi connectivity index (χ4v) is 4.92. The van der Waals surface area contributed by atoms with Crippen LogP contribution < -0.4 is 16.2 Å². The first-order valence-electron chi connectivity index (χ1n) is 12.3. The van der Waals surface area contributed by atoms with Crippen molar-refractivity contribution >= 4 is 40.1 Å². The molecule has 2 amide bonds. The summed E-state index contributed by atoms with van der Waals surface area (Å²) in [6, 6.07) is 4.80. The molecule has 0 spiro atoms. The number of rotatable bonds is 10. The molecule has 5 rings (SSSR count). The molecule has 1 aliphatic heterocycles. The molecule has 1 aromatic carbocycles. The quantitative estimate of drug-likeness (QED) is 0.167. The molecule has 0 saturated carbocycles. The number of H-pyrrole nitrogens is 2. The number of nitrogens with one attached hydrogen (secondary N) is 4. The summed E-state index contributed by atoms with van der Waals surface area (Å²) < 4.78 is 0. The summed E-state index contributed by atoms with van der Waals surface area (Å²) in [5.41, 5.74) is 1.76. The van der Waals surface area contributed by atoms with Gasteiger partial charge in [0.2, 0.25) is 0 Å². The summed E-state index contributed by atoms with van der Waals surface area (Å²) in [6.07, 6.45) is 6.92. The number of anilines is 1. The molecule has 12 heteroatoms. The molecule has 1 aliphatic carbocycles. The Kier molecular flexibility index (Phi) is 7.43. The lowest BCUT2D eigenvalue weighted by Crippen LogP contribution is -2.36. The number of carbonyl (C=O) groups excluding carboxylic acids is 2. The Labute approximate surface area is 222 Å². The number of aliphatic hydroxyl groups is 2. The summed E-state index contributed by atoms with van der Waals surface area (Å²) >= 11 is 6.06. The maximum absolute atomic E-state index is 12.9. The summed E-state index contributed by atoms with van der Waals surface area (Å²) in [6.45, 7) is 1.06. The highest BCUT2D eigenvalue weighted by Crippen LogP contribution is 2.30. The molecular formula is C26H27ClN6O5. The van der Waals surface area contributed by atoms with Crippen molar-refractivity contribution in [3.63, 3.8) is 0 Å². The van der Waals surface area contributed by atoms with Crippen LogP contribution in [0.15, 0.2) is 52.5 Å². The van der Waals surface area contributed by atoms with Gasteiger partial charge in [-0.1, -0.05) is 23.8 Å². The third kappa shape index (κ3) is 5.01. The van der Waals surface area contributed by atoms with Gasteiger partial charge < -0.3 is 30.8 Å². The van der Waals surface area contributed by atoms with Crippen molar-refractivity contribution in [2.75, 3.05) is 38.1 Å². The van der Waals surface area contributed by atoms with Crippen LogP contribution in [0, 0.1) is 5.92 Å². The van der Waals surface area contributed by atoms with E-state index in [1.54, 1.807) is 30.4 Å². The lowest BCUT2D eigenvalue weighted by molar-refractivity contribution is 0.0655. The number of aromatic amines is 2. The lowest BCUT2D eigenvalue weighted by Gasteiger charge is -2.22. The van der Waals surface area contributed by atoms with Gasteiger partial charge in [0, 0.05) is 43.3 Å². The van der Waals surface area contributed by atoms with Gasteiger partial charge in [-0.3, -0.25) is 19.3 Å². The lowest BCUT2D eigenvalue weighted by atomic mass is 9.94. The Bertz CT molecular complexity index is 1460. The number of carbonyl (C=O) groups is 2. The molecule has 3 heterocycles. The zero-order valence-electron chi connectivity index (χ0n) is 20.3. The molecule has 198 valence electrons. The first-order chi connectivity index (χ1) is 18.4. The first kappa shape index (κ1) is 25.9. The fraction of sp³-hybridized carbons (Fsp3) is 0.308. The Morgan fingerprint density at radius 3 is 2.74 bits per heavy atom. The summed E-state index contributed by atoms with van der Waals surface area (Å²) in [5.74, 6) is -0.715. The normalized spacial score (nSPS) is 17.7. The monoisotopic (exact) mass is 538 g/mol. The van der Waals surface area contributed by atoms with Crippen LogP contribution in [0.1, 0.15) is 27.1 Å². The van der Waals surface area contributed by atoms with Crippen molar-refractivity contribution in [1.29, 1.82) is 0 Å². The van der Waals surface area contributed by atoms with Crippen LogP contribution in [-0.2, 0) is 0 Å². The van der Waals surface area contributed by atoms with Crippen LogP contribution in [0.3, 0.4) is 0 Å². The number of benzene rings is 1. The molecule has 0 fully saturated rings. The standard InChI is InChI=1S/C26H27ClN6O5/c27-15-3-1-2-14(10-15)21(35)13-30-18-4-5-29-24(36)22(18)23-31-19-11-16-17(12-20(19)32-23)26(38)33(25(16)37)8-6-28-7-9-34/h1,3-5,10-12,14,21,28,34-35H,2,6-9,13H2,(H,31,32)(H2,29,30,36)/t14?,21-/m1/s1. The number of fused-ring (bicyclic) bond motifs is 2. The number of amides is 2. The Morgan fingerprint density at radius 2 is 1.97 bits per heavy atom. The number of aromatic nitrogens is 3. The first-order valence-corrected chi connectivity index (χ1v) is 12.6. The topological polar surface area (TPSA) is 163 Å². The highest BCUT2D eigenvalue weighted by molar-refractivity contribution is 6.31. The van der Waals surface area contributed by atoms with E-state index >= 15 is 0 Å². The highest BCUT2D eigenvalue weighted by Gasteiger charge is 2.36. The fourth-order valence-electron chi connectivity index (χ4n) is 4.67. The van der Waals surface area contributed by atoms with Gasteiger partial charge in [0.05, 0.1) is 40.6 Å². The van der Waals surface area contributed by atoms with E-state index in [-0.39, 0.29) is 48.1 Å². The maximum atomic E-state index is 12.9. The van der Waals surface area contributed by atoms with E-state index < -0.39 is 23.5 Å². The molecule has 0 saturated heterocycles. The molecule has 0 bridgehead atoms. The summed E-state index contributed by atoms with van der Waals surface area (Å²) in [5, 5.41) is 26.2. The van der Waals surface area contributed by atoms with Crippen molar-refractivity contribution in [2.45, 2.75) is 12.5 Å². The summed E-state index contributed by atoms with van der Waals surface area (Å²) in [7, 11) is 0. The van der Waals surface area contributed by atoms with E-state index in [1.807, 2.05) is 6.08 Å². The number of imidazole rings is 1. The molecule has 38 heavy (non-hydrogen) atoms. The van der Waals surface area contributed by atoms with Crippen LogP contribution >= 0.6 is 11.6 Å². The van der Waals surface area contributed by atoms with Gasteiger partial charge in [-0.25, -0.2) is 4.98 Å². The Hall–Kier alpha value is -3.77. The van der Waals surface area contributed by atoms with Crippen LogP contribution in [-0.4, -0.2) is 80.8 Å². The van der Waals surface area contributed by atoms with Crippen molar-refractivity contribution in [3.05, 3.63) is 69.1 Å². The number of hydrogen-bond donors (Lipinski definition) is 6. The number of halogens is 1. The minimum Gasteiger partial charge on any atom is -0.395 e. The van der Waals surface area contributed by atoms with E-state index in [9.17, 15) is 19.5 Å². The van der Waals surface area contributed by atoms with Crippen molar-refractivity contribution in [1.82, 2.24) is 25.2 Å². The molecule has 2 aromatic heterocycles. The van der Waals surface area contributed by atoms with Gasteiger partial charge in [0.1, 0.15) is 11.4 Å². The largest absolute Gasteiger partial charge is 0.395 e. The van der Waals surface area contributed by atoms with Crippen LogP contribution in [0.2, 0.25) is 0 Å². The second kappa shape index (κ2) is 10.9. The van der Waals surface area contributed by atoms with Gasteiger partial charge in [0.25, 0.3) is 17.4 Å². The van der Waals surface area contributed by atoms with E-state index in [1.165, 1.54) is 6.20 Å². The Balaban J connectivity index is 1.39. The smallest absolute Gasteiger partial charge is 0.261 e. The molecule has 6 N–H and O–H groups in total. The third-order valence-electron chi connectivity index (χ3n) is 6.63. The third-order valence-corrected chi connectivity index (χ3v) is 6.88. The van der Waals surface area contributed by atoms with Gasteiger partial charge in [-0.2, -0.15) is 0 Å². The van der Waals surface area contributed by atoms with Crippen LogP contribution in [0.5, 0.6) is 0 Å². The SMILES string of the molecule is O=C1c2cc3nc(-c4c(NC[C@@H](O)C5C=C(Cl)C=CC5)cc[nH]c4=O)[nH]c3cc2C(=O)N1CCNCCO. The van der Waals surface area contributed by atoms with Gasteiger partial charge in [-0.05, 0) is 30.7 Å². The van der Waals surface area contributed by atoms with E-state index in [0.29, 0.717) is 41.3 Å². The van der Waals surface area contributed by atoms with Gasteiger partial charge in [-0.15, -0.1) is 0 Å². The number of pyridine rings is 1. The average molecular weight is 539 g/mol. The van der Waals surface area contributed by atoms with Gasteiger partial charge >= 0.3 is 0 Å². The van der Waals surface area contributed by atoms with Crippen molar-refractivity contribution in [2.24, 2.45) is 5.92 Å². The molecule has 2 atom stereocenters. The minimum atomic E-state index is -0.738. The van der Waals surface area contributed by atoms with Crippen molar-refractivity contribution < 1.29 is 19.8 Å². The van der Waals surface area contributed by atoms with Crippen LogP contribution in [0.4, 0.5) is 5.69 Å².